The lowest BCUT2D eigenvalue weighted by atomic mass is 10.2. The second-order valence-corrected chi connectivity index (χ2v) is 5.65. The van der Waals surface area contributed by atoms with Gasteiger partial charge in [0.15, 0.2) is 11.5 Å². The molecule has 0 aromatic heterocycles. The molecule has 0 amide bonds. The smallest absolute Gasteiger partial charge is 0.180 e. The van der Waals surface area contributed by atoms with E-state index in [1.54, 1.807) is 17.0 Å². The van der Waals surface area contributed by atoms with Crippen LogP contribution >= 0.6 is 11.6 Å². The maximum absolute atomic E-state index is 10.5. The number of hydrogen-bond donors (Lipinski definition) is 1. The molecule has 5 nitrogen and oxygen atoms in total. The van der Waals surface area contributed by atoms with Crippen LogP contribution in [0, 0.1) is 0 Å². The SMILES string of the molecule is COc1cc(/C=C/C(=O)[O-])cc(Cl)c1OCC[NH+]1CCCC1. The molecule has 0 aliphatic carbocycles. The maximum Gasteiger partial charge on any atom is 0.180 e. The Morgan fingerprint density at radius 2 is 2.14 bits per heavy atom. The highest BCUT2D eigenvalue weighted by Gasteiger charge is 2.16. The van der Waals surface area contributed by atoms with Crippen molar-refractivity contribution in [3.8, 4) is 11.5 Å². The van der Waals surface area contributed by atoms with Gasteiger partial charge in [-0.05, 0) is 23.8 Å². The number of rotatable bonds is 7. The van der Waals surface area contributed by atoms with Crippen molar-refractivity contribution in [3.05, 3.63) is 28.8 Å². The number of hydrogen-bond acceptors (Lipinski definition) is 4. The Morgan fingerprint density at radius 3 is 2.77 bits per heavy atom. The Bertz CT molecular complexity index is 553. The van der Waals surface area contributed by atoms with Gasteiger partial charge in [-0.15, -0.1) is 0 Å². The topological polar surface area (TPSA) is 63.0 Å². The predicted molar refractivity (Wildman–Crippen MR) is 82.3 cm³/mol. The Hall–Kier alpha value is -1.72. The van der Waals surface area contributed by atoms with E-state index >= 15 is 0 Å². The van der Waals surface area contributed by atoms with E-state index in [1.165, 1.54) is 39.1 Å². The van der Waals surface area contributed by atoms with Gasteiger partial charge in [0.1, 0.15) is 13.2 Å². The molecular formula is C16H20ClNO4. The number of quaternary nitrogens is 1. The van der Waals surface area contributed by atoms with Crippen LogP contribution in [0.2, 0.25) is 5.02 Å². The number of carbonyl (C=O) groups excluding carboxylic acids is 1. The molecule has 0 bridgehead atoms. The highest BCUT2D eigenvalue weighted by molar-refractivity contribution is 6.32. The van der Waals surface area contributed by atoms with Gasteiger partial charge in [-0.25, -0.2) is 0 Å². The molecule has 0 saturated carbocycles. The van der Waals surface area contributed by atoms with E-state index in [4.69, 9.17) is 21.1 Å². The van der Waals surface area contributed by atoms with Gasteiger partial charge in [0.25, 0.3) is 0 Å². The van der Waals surface area contributed by atoms with Gasteiger partial charge in [-0.2, -0.15) is 0 Å². The van der Waals surface area contributed by atoms with Crippen LogP contribution in [0.15, 0.2) is 18.2 Å². The van der Waals surface area contributed by atoms with E-state index in [-0.39, 0.29) is 0 Å². The zero-order chi connectivity index (χ0) is 15.9. The monoisotopic (exact) mass is 325 g/mol. The summed E-state index contributed by atoms with van der Waals surface area (Å²) in [6, 6.07) is 3.32. The van der Waals surface area contributed by atoms with Crippen LogP contribution in [0.25, 0.3) is 6.08 Å². The number of carbonyl (C=O) groups is 1. The molecule has 0 spiro atoms. The molecule has 1 N–H and O–H groups in total. The number of nitrogens with one attached hydrogen (secondary N) is 1. The zero-order valence-corrected chi connectivity index (χ0v) is 13.3. The minimum Gasteiger partial charge on any atom is -0.545 e. The summed E-state index contributed by atoms with van der Waals surface area (Å²) in [5.41, 5.74) is 0.614. The number of aliphatic carboxylic acids is 1. The van der Waals surface area contributed by atoms with E-state index in [0.717, 1.165) is 12.6 Å². The standard InChI is InChI=1S/C16H20ClNO4/c1-21-14-11-12(4-5-15(19)20)10-13(17)16(14)22-9-8-18-6-2-3-7-18/h4-5,10-11H,2-3,6-9H2,1H3,(H,19,20)/b5-4+. The van der Waals surface area contributed by atoms with E-state index in [2.05, 4.69) is 0 Å². The van der Waals surface area contributed by atoms with E-state index in [1.807, 2.05) is 0 Å². The Morgan fingerprint density at radius 1 is 1.41 bits per heavy atom. The minimum atomic E-state index is -1.26. The summed E-state index contributed by atoms with van der Waals surface area (Å²) in [6.07, 6.45) is 4.90. The normalized spacial score (nSPS) is 15.4. The van der Waals surface area contributed by atoms with Gasteiger partial charge in [0, 0.05) is 12.8 Å². The fourth-order valence-corrected chi connectivity index (χ4v) is 2.84. The molecule has 1 aliphatic heterocycles. The van der Waals surface area contributed by atoms with Crippen LogP contribution in [0.3, 0.4) is 0 Å². The quantitative estimate of drug-likeness (QED) is 0.726. The summed E-state index contributed by atoms with van der Waals surface area (Å²) in [5.74, 6) is -0.278. The first kappa shape index (κ1) is 16.6. The lowest BCUT2D eigenvalue weighted by Crippen LogP contribution is -3.10. The summed E-state index contributed by atoms with van der Waals surface area (Å²) in [6.45, 7) is 3.90. The molecule has 0 unspecified atom stereocenters. The zero-order valence-electron chi connectivity index (χ0n) is 12.6. The maximum atomic E-state index is 10.5. The number of carboxylic acids is 1. The molecule has 1 aromatic rings. The molecule has 0 radical (unpaired) electrons. The van der Waals surface area contributed by atoms with E-state index in [9.17, 15) is 9.90 Å². The van der Waals surface area contributed by atoms with Gasteiger partial charge >= 0.3 is 0 Å². The molecule has 1 aromatic carbocycles. The molecule has 1 saturated heterocycles. The average Bonchev–Trinajstić information content (AvgIpc) is 3.00. The Labute approximate surface area is 135 Å². The van der Waals surface area contributed by atoms with E-state index < -0.39 is 5.97 Å². The third-order valence-electron chi connectivity index (χ3n) is 3.68. The third-order valence-corrected chi connectivity index (χ3v) is 3.96. The molecule has 6 heteroatoms. The van der Waals surface area contributed by atoms with Crippen LogP contribution in [0.5, 0.6) is 11.5 Å². The van der Waals surface area contributed by atoms with Gasteiger partial charge in [0.2, 0.25) is 0 Å². The molecule has 0 atom stereocenters. The highest BCUT2D eigenvalue weighted by atomic mass is 35.5. The summed E-state index contributed by atoms with van der Waals surface area (Å²) in [7, 11) is 1.52. The number of ether oxygens (including phenoxy) is 2. The van der Waals surface area contributed by atoms with Crippen molar-refractivity contribution in [2.45, 2.75) is 12.8 Å². The summed E-state index contributed by atoms with van der Waals surface area (Å²) < 4.78 is 11.1. The van der Waals surface area contributed by atoms with Gasteiger partial charge < -0.3 is 24.3 Å². The van der Waals surface area contributed by atoms with Crippen molar-refractivity contribution in [1.82, 2.24) is 0 Å². The molecule has 1 fully saturated rings. The summed E-state index contributed by atoms with van der Waals surface area (Å²) in [4.78, 5) is 12.0. The molecule has 1 aliphatic rings. The fourth-order valence-electron chi connectivity index (χ4n) is 2.56. The largest absolute Gasteiger partial charge is 0.545 e. The highest BCUT2D eigenvalue weighted by Crippen LogP contribution is 2.36. The fraction of sp³-hybridized carbons (Fsp3) is 0.438. The van der Waals surface area contributed by atoms with Crippen LogP contribution < -0.4 is 19.5 Å². The first-order valence-electron chi connectivity index (χ1n) is 7.33. The number of methoxy groups -OCH3 is 1. The molecule has 1 heterocycles. The van der Waals surface area contributed by atoms with Crippen LogP contribution in [-0.4, -0.2) is 39.3 Å². The second-order valence-electron chi connectivity index (χ2n) is 5.24. The number of benzene rings is 1. The average molecular weight is 326 g/mol. The van der Waals surface area contributed by atoms with E-state index in [0.29, 0.717) is 28.7 Å². The van der Waals surface area contributed by atoms with Gasteiger partial charge in [0.05, 0.1) is 31.2 Å². The first-order valence-corrected chi connectivity index (χ1v) is 7.71. The van der Waals surface area contributed by atoms with Crippen molar-refractivity contribution in [3.63, 3.8) is 0 Å². The Kier molecular flexibility index (Phi) is 6.10. The van der Waals surface area contributed by atoms with Crippen molar-refractivity contribution in [2.24, 2.45) is 0 Å². The molecule has 22 heavy (non-hydrogen) atoms. The Balaban J connectivity index is 2.04. The van der Waals surface area contributed by atoms with Crippen molar-refractivity contribution < 1.29 is 24.3 Å². The summed E-state index contributed by atoms with van der Waals surface area (Å²) in [5, 5.41) is 10.9. The van der Waals surface area contributed by atoms with Crippen molar-refractivity contribution >= 4 is 23.6 Å². The third kappa shape index (κ3) is 4.64. The summed E-state index contributed by atoms with van der Waals surface area (Å²) >= 11 is 6.22. The number of halogens is 1. The van der Waals surface area contributed by atoms with Crippen LogP contribution in [0.1, 0.15) is 18.4 Å². The lowest BCUT2D eigenvalue weighted by Gasteiger charge is -2.16. The van der Waals surface area contributed by atoms with Crippen LogP contribution in [-0.2, 0) is 4.79 Å². The molecular weight excluding hydrogens is 306 g/mol. The first-order chi connectivity index (χ1) is 10.6. The number of carboxylic acid groups (broad SMARTS) is 1. The lowest BCUT2D eigenvalue weighted by molar-refractivity contribution is -0.887. The molecule has 120 valence electrons. The molecule has 2 rings (SSSR count). The van der Waals surface area contributed by atoms with Gasteiger partial charge in [-0.3, -0.25) is 0 Å². The predicted octanol–water partition coefficient (Wildman–Crippen LogP) is 0.169. The van der Waals surface area contributed by atoms with Crippen molar-refractivity contribution in [2.75, 3.05) is 33.4 Å². The number of likely N-dealkylation sites (tertiary alicyclic amines) is 1. The van der Waals surface area contributed by atoms with Gasteiger partial charge in [-0.1, -0.05) is 17.7 Å². The minimum absolute atomic E-state index is 0.397. The van der Waals surface area contributed by atoms with Crippen LogP contribution in [0.4, 0.5) is 0 Å². The second kappa shape index (κ2) is 8.06. The van der Waals surface area contributed by atoms with Crippen molar-refractivity contribution in [1.29, 1.82) is 0 Å².